The molecular weight excluding hydrogens is 202 g/mol. The van der Waals surface area contributed by atoms with Crippen molar-refractivity contribution in [1.82, 2.24) is 5.32 Å². The van der Waals surface area contributed by atoms with Crippen molar-refractivity contribution in [2.75, 3.05) is 7.11 Å². The average Bonchev–Trinajstić information content (AvgIpc) is 2.69. The molecular formula is C13H15NO2. The Balaban J connectivity index is 2.06. The van der Waals surface area contributed by atoms with Crippen molar-refractivity contribution in [2.45, 2.75) is 31.2 Å². The number of rotatable bonds is 1. The van der Waals surface area contributed by atoms with Crippen molar-refractivity contribution in [2.24, 2.45) is 0 Å². The first-order chi connectivity index (χ1) is 7.79. The minimum absolute atomic E-state index is 0.186. The van der Waals surface area contributed by atoms with Crippen LogP contribution in [0.5, 0.6) is 5.75 Å². The van der Waals surface area contributed by atoms with Crippen LogP contribution in [-0.4, -0.2) is 19.1 Å². The van der Waals surface area contributed by atoms with E-state index in [4.69, 9.17) is 4.74 Å². The summed E-state index contributed by atoms with van der Waals surface area (Å²) in [6.45, 7) is 0. The molecule has 1 N–H and O–H groups in total. The summed E-state index contributed by atoms with van der Waals surface area (Å²) < 4.78 is 5.38. The van der Waals surface area contributed by atoms with E-state index < -0.39 is 0 Å². The van der Waals surface area contributed by atoms with Crippen molar-refractivity contribution in [3.8, 4) is 5.75 Å². The smallest absolute Gasteiger partial charge is 0.220 e. The monoisotopic (exact) mass is 217 g/mol. The lowest BCUT2D eigenvalue weighted by atomic mass is 9.79. The van der Waals surface area contributed by atoms with Gasteiger partial charge in [0.05, 0.1) is 7.11 Å². The molecule has 2 atom stereocenters. The van der Waals surface area contributed by atoms with E-state index in [1.807, 2.05) is 12.1 Å². The summed E-state index contributed by atoms with van der Waals surface area (Å²) in [7, 11) is 1.71. The number of hydrogen-bond donors (Lipinski definition) is 1. The fraction of sp³-hybridized carbons (Fsp3) is 0.462. The number of methoxy groups -OCH3 is 1. The third-order valence-corrected chi connectivity index (χ3v) is 3.73. The molecule has 0 radical (unpaired) electrons. The van der Waals surface area contributed by atoms with Gasteiger partial charge in [-0.2, -0.15) is 0 Å². The number of benzene rings is 1. The molecule has 0 unspecified atom stereocenters. The third kappa shape index (κ3) is 1.31. The Morgan fingerprint density at radius 3 is 3.12 bits per heavy atom. The molecule has 3 rings (SSSR count). The van der Waals surface area contributed by atoms with Crippen LogP contribution in [0.1, 0.15) is 29.9 Å². The maximum absolute atomic E-state index is 11.4. The predicted molar refractivity (Wildman–Crippen MR) is 60.6 cm³/mol. The van der Waals surface area contributed by atoms with Gasteiger partial charge in [0.25, 0.3) is 0 Å². The van der Waals surface area contributed by atoms with E-state index in [-0.39, 0.29) is 5.91 Å². The fourth-order valence-corrected chi connectivity index (χ4v) is 3.00. The highest BCUT2D eigenvalue weighted by atomic mass is 16.5. The van der Waals surface area contributed by atoms with Crippen LogP contribution >= 0.6 is 0 Å². The highest BCUT2D eigenvalue weighted by Gasteiger charge is 2.37. The van der Waals surface area contributed by atoms with Crippen molar-refractivity contribution >= 4 is 5.91 Å². The van der Waals surface area contributed by atoms with Crippen LogP contribution in [0.15, 0.2) is 18.2 Å². The molecule has 84 valence electrons. The number of carbonyl (C=O) groups excluding carboxylic acids is 1. The van der Waals surface area contributed by atoms with E-state index in [1.165, 1.54) is 11.1 Å². The van der Waals surface area contributed by atoms with E-state index in [0.29, 0.717) is 18.4 Å². The van der Waals surface area contributed by atoms with Crippen LogP contribution < -0.4 is 10.1 Å². The van der Waals surface area contributed by atoms with Crippen molar-refractivity contribution in [3.63, 3.8) is 0 Å². The first-order valence-corrected chi connectivity index (χ1v) is 5.74. The Morgan fingerprint density at radius 2 is 2.31 bits per heavy atom. The third-order valence-electron chi connectivity index (χ3n) is 3.73. The Bertz CT molecular complexity index is 442. The molecule has 2 aliphatic rings. The molecule has 3 nitrogen and oxygen atoms in total. The largest absolute Gasteiger partial charge is 0.496 e. The maximum atomic E-state index is 11.4. The van der Waals surface area contributed by atoms with Crippen LogP contribution in [0.25, 0.3) is 0 Å². The molecule has 1 saturated heterocycles. The van der Waals surface area contributed by atoms with Gasteiger partial charge in [-0.1, -0.05) is 12.1 Å². The molecule has 1 heterocycles. The normalized spacial score (nSPS) is 26.9. The van der Waals surface area contributed by atoms with E-state index in [1.54, 1.807) is 7.11 Å². The van der Waals surface area contributed by atoms with Gasteiger partial charge in [-0.05, 0) is 30.0 Å². The molecule has 1 amide bonds. The van der Waals surface area contributed by atoms with Gasteiger partial charge in [-0.3, -0.25) is 4.79 Å². The van der Waals surface area contributed by atoms with Crippen LogP contribution in [0.2, 0.25) is 0 Å². The van der Waals surface area contributed by atoms with Crippen molar-refractivity contribution < 1.29 is 9.53 Å². The molecule has 0 bridgehead atoms. The maximum Gasteiger partial charge on any atom is 0.220 e. The summed E-state index contributed by atoms with van der Waals surface area (Å²) >= 11 is 0. The lowest BCUT2D eigenvalue weighted by molar-refractivity contribution is -0.119. The Labute approximate surface area is 94.8 Å². The van der Waals surface area contributed by atoms with E-state index >= 15 is 0 Å². The number of nitrogens with one attached hydrogen (secondary N) is 1. The molecule has 1 aliphatic heterocycles. The van der Waals surface area contributed by atoms with Gasteiger partial charge < -0.3 is 10.1 Å². The summed E-state index contributed by atoms with van der Waals surface area (Å²) in [5.41, 5.74) is 2.59. The second-order valence-electron chi connectivity index (χ2n) is 4.55. The Hall–Kier alpha value is -1.51. The number of ether oxygens (including phenoxy) is 1. The quantitative estimate of drug-likeness (QED) is 0.776. The molecule has 1 fully saturated rings. The van der Waals surface area contributed by atoms with Gasteiger partial charge >= 0.3 is 0 Å². The molecule has 0 aromatic heterocycles. The Kier molecular flexibility index (Phi) is 2.13. The highest BCUT2D eigenvalue weighted by molar-refractivity contribution is 5.80. The van der Waals surface area contributed by atoms with Gasteiger partial charge in [-0.15, -0.1) is 0 Å². The minimum atomic E-state index is 0.186. The van der Waals surface area contributed by atoms with E-state index in [9.17, 15) is 4.79 Å². The van der Waals surface area contributed by atoms with Crippen molar-refractivity contribution in [1.29, 1.82) is 0 Å². The van der Waals surface area contributed by atoms with Gasteiger partial charge in [0.1, 0.15) is 5.75 Å². The SMILES string of the molecule is COc1cccc2c1CC[C@@H]1NC(=O)C[C@@H]21. The van der Waals surface area contributed by atoms with Gasteiger partial charge in [0.2, 0.25) is 5.91 Å². The fourth-order valence-electron chi connectivity index (χ4n) is 3.00. The zero-order valence-electron chi connectivity index (χ0n) is 9.32. The number of amides is 1. The molecule has 3 heteroatoms. The first kappa shape index (κ1) is 9.70. The zero-order chi connectivity index (χ0) is 11.1. The average molecular weight is 217 g/mol. The van der Waals surface area contributed by atoms with E-state index in [0.717, 1.165) is 18.6 Å². The van der Waals surface area contributed by atoms with Crippen LogP contribution in [0, 0.1) is 0 Å². The lowest BCUT2D eigenvalue weighted by Gasteiger charge is -2.28. The molecule has 0 spiro atoms. The van der Waals surface area contributed by atoms with Gasteiger partial charge in [0.15, 0.2) is 0 Å². The number of hydrogen-bond acceptors (Lipinski definition) is 2. The standard InChI is InChI=1S/C13H15NO2/c1-16-12-4-2-3-8-9(12)5-6-11-10(8)7-13(15)14-11/h2-4,10-11H,5-7H2,1H3,(H,14,15)/t10-,11-/m0/s1. The summed E-state index contributed by atoms with van der Waals surface area (Å²) in [5.74, 6) is 1.51. The van der Waals surface area contributed by atoms with Gasteiger partial charge in [0, 0.05) is 18.4 Å². The second kappa shape index (κ2) is 3.51. The first-order valence-electron chi connectivity index (χ1n) is 5.74. The summed E-state index contributed by atoms with van der Waals surface area (Å²) in [6, 6.07) is 6.49. The summed E-state index contributed by atoms with van der Waals surface area (Å²) in [6.07, 6.45) is 2.66. The molecule has 1 aromatic rings. The topological polar surface area (TPSA) is 38.3 Å². The predicted octanol–water partition coefficient (Wildman–Crippen LogP) is 1.61. The second-order valence-corrected chi connectivity index (χ2v) is 4.55. The van der Waals surface area contributed by atoms with Crippen molar-refractivity contribution in [3.05, 3.63) is 29.3 Å². The molecule has 1 aliphatic carbocycles. The van der Waals surface area contributed by atoms with Crippen LogP contribution in [0.3, 0.4) is 0 Å². The van der Waals surface area contributed by atoms with Gasteiger partial charge in [-0.25, -0.2) is 0 Å². The zero-order valence-corrected chi connectivity index (χ0v) is 9.32. The van der Waals surface area contributed by atoms with Crippen LogP contribution in [0.4, 0.5) is 0 Å². The molecule has 0 saturated carbocycles. The van der Waals surface area contributed by atoms with Crippen LogP contribution in [-0.2, 0) is 11.2 Å². The molecule has 16 heavy (non-hydrogen) atoms. The summed E-state index contributed by atoms with van der Waals surface area (Å²) in [5, 5.41) is 3.05. The minimum Gasteiger partial charge on any atom is -0.496 e. The number of carbonyl (C=O) groups is 1. The van der Waals surface area contributed by atoms with E-state index in [2.05, 4.69) is 11.4 Å². The Morgan fingerprint density at radius 1 is 1.44 bits per heavy atom. The lowest BCUT2D eigenvalue weighted by Crippen LogP contribution is -2.31. The summed E-state index contributed by atoms with van der Waals surface area (Å²) in [4.78, 5) is 11.4. The highest BCUT2D eigenvalue weighted by Crippen LogP contribution is 2.40. The molecule has 1 aromatic carbocycles. The number of fused-ring (bicyclic) bond motifs is 3.